The zero-order valence-electron chi connectivity index (χ0n) is 6.80. The second-order valence-electron chi connectivity index (χ2n) is 2.79. The van der Waals surface area contributed by atoms with Crippen LogP contribution in [0, 0.1) is 0 Å². The molecule has 0 heterocycles. The molecule has 0 radical (unpaired) electrons. The van der Waals surface area contributed by atoms with Crippen molar-refractivity contribution < 1.29 is 0 Å². The summed E-state index contributed by atoms with van der Waals surface area (Å²) in [6, 6.07) is 2.46. The molecule has 0 amide bonds. The van der Waals surface area contributed by atoms with E-state index in [1.165, 1.54) is 31.4 Å². The van der Waals surface area contributed by atoms with Crippen LogP contribution >= 0.6 is 91.8 Å². The van der Waals surface area contributed by atoms with Crippen molar-refractivity contribution in [2.75, 3.05) is 0 Å². The highest BCUT2D eigenvalue weighted by Crippen LogP contribution is 2.36. The van der Waals surface area contributed by atoms with Gasteiger partial charge in [0.25, 0.3) is 7.86 Å². The maximum Gasteiger partial charge on any atom is 0.267 e. The van der Waals surface area contributed by atoms with Crippen LogP contribution in [-0.4, -0.2) is 7.86 Å². The largest absolute Gasteiger partial charge is 0.267 e. The van der Waals surface area contributed by atoms with Crippen molar-refractivity contribution in [2.24, 2.45) is 0 Å². The number of hydrogen-bond donors (Lipinski definition) is 0. The van der Waals surface area contributed by atoms with Gasteiger partial charge in [-0.2, -0.15) is 0 Å². The smallest absolute Gasteiger partial charge is 0.0964 e. The molecule has 80 valence electrons. The topological polar surface area (TPSA) is 0 Å². The Morgan fingerprint density at radius 1 is 0.538 bits per heavy atom. The fourth-order valence-corrected chi connectivity index (χ4v) is 7.18. The van der Waals surface area contributed by atoms with Gasteiger partial charge in [-0.15, -0.1) is 0 Å². The molecule has 0 aromatic carbocycles. The Morgan fingerprint density at radius 2 is 0.846 bits per heavy atom. The van der Waals surface area contributed by atoms with Gasteiger partial charge >= 0.3 is 0 Å². The molecule has 0 atom stereocenters. The highest BCUT2D eigenvalue weighted by Gasteiger charge is 2.23. The van der Waals surface area contributed by atoms with Crippen molar-refractivity contribution in [1.82, 2.24) is 0 Å². The lowest BCUT2D eigenvalue weighted by Crippen LogP contribution is -2.07. The molecule has 0 saturated carbocycles. The van der Waals surface area contributed by atoms with Gasteiger partial charge in [-0.25, -0.2) is 0 Å². The van der Waals surface area contributed by atoms with Crippen molar-refractivity contribution >= 4 is 99.6 Å². The maximum atomic E-state index is 3.62. The third-order valence-corrected chi connectivity index (χ3v) is 10.4. The Morgan fingerprint density at radius 3 is 1.08 bits per heavy atom. The molecule has 0 saturated heterocycles. The van der Waals surface area contributed by atoms with Gasteiger partial charge in [0.1, 0.15) is 0 Å². The molecule has 0 aliphatic carbocycles. The Balaban J connectivity index is 3.28. The van der Waals surface area contributed by atoms with Crippen molar-refractivity contribution in [3.05, 3.63) is 0 Å². The molecule has 0 aliphatic heterocycles. The molecule has 0 fully saturated rings. The second kappa shape index (κ2) is 7.60. The Bertz CT molecular complexity index is 123. The Labute approximate surface area is 129 Å². The van der Waals surface area contributed by atoms with E-state index in [2.05, 4.69) is 91.8 Å². The van der Waals surface area contributed by atoms with Gasteiger partial charge in [-0.3, -0.25) is 0 Å². The monoisotopic (exact) mass is 600 g/mol. The van der Waals surface area contributed by atoms with Crippen LogP contribution in [0.1, 0.15) is 19.3 Å². The average molecular weight is 606 g/mol. The van der Waals surface area contributed by atoms with Crippen molar-refractivity contribution in [2.45, 2.75) is 31.4 Å². The summed E-state index contributed by atoms with van der Waals surface area (Å²) >= 11 is 21.7. The van der Waals surface area contributed by atoms with E-state index in [0.29, 0.717) is 0 Å². The quantitative estimate of drug-likeness (QED) is 0.187. The van der Waals surface area contributed by atoms with Crippen LogP contribution in [0.2, 0.25) is 12.1 Å². The molecule has 0 unspecified atom stereocenters. The van der Waals surface area contributed by atoms with E-state index in [1.807, 2.05) is 0 Å². The van der Waals surface area contributed by atoms with Crippen LogP contribution in [0.15, 0.2) is 0 Å². The van der Waals surface area contributed by atoms with E-state index in [9.17, 15) is 0 Å². The Hall–Kier alpha value is 3.31. The molecule has 0 nitrogen and oxygen atoms in total. The van der Waals surface area contributed by atoms with Gasteiger partial charge in [-0.1, -0.05) is 111 Å². The SMILES string of the molecule is Br[Si](Br)(Br)CCCCC[Si](Br)(Br)Br. The highest BCUT2D eigenvalue weighted by atomic mass is 80.0. The standard InChI is InChI=1S/C5H10Br6Si2/c6-12(7,8)4-2-1-3-5-13(9,10)11/h1-5H2. The summed E-state index contributed by atoms with van der Waals surface area (Å²) in [7, 11) is 0. The molecule has 0 aromatic rings. The molecule has 0 aromatic heterocycles. The number of halogens is 6. The van der Waals surface area contributed by atoms with Gasteiger partial charge in [0.15, 0.2) is 0 Å². The third kappa shape index (κ3) is 15.3. The van der Waals surface area contributed by atoms with Gasteiger partial charge in [0.2, 0.25) is 0 Å². The second-order valence-corrected chi connectivity index (χ2v) is 49.8. The summed E-state index contributed by atoms with van der Waals surface area (Å²) in [5.41, 5.74) is 0. The van der Waals surface area contributed by atoms with Gasteiger partial charge in [0, 0.05) is 0 Å². The van der Waals surface area contributed by atoms with Crippen molar-refractivity contribution in [1.29, 1.82) is 0 Å². The molecule has 8 heteroatoms. The fourth-order valence-electron chi connectivity index (χ4n) is 0.828. The lowest BCUT2D eigenvalue weighted by Gasteiger charge is -2.10. The number of hydrogen-bond acceptors (Lipinski definition) is 0. The molecule has 0 spiro atoms. The number of unbranched alkanes of at least 4 members (excludes halogenated alkanes) is 2. The first-order chi connectivity index (χ1) is 5.71. The predicted octanol–water partition coefficient (Wildman–Crippen LogP) is 6.40. The molecular formula is C5H10Br6Si2. The first kappa shape index (κ1) is 16.3. The van der Waals surface area contributed by atoms with Crippen LogP contribution in [0.5, 0.6) is 0 Å². The predicted molar refractivity (Wildman–Crippen MR) is 88.5 cm³/mol. The highest BCUT2D eigenvalue weighted by molar-refractivity contribution is 9.72. The van der Waals surface area contributed by atoms with E-state index < -0.39 is 7.86 Å². The molecular weight excluding hydrogens is 596 g/mol. The Kier molecular flexibility index (Phi) is 9.54. The van der Waals surface area contributed by atoms with Crippen molar-refractivity contribution in [3.8, 4) is 0 Å². The first-order valence-electron chi connectivity index (χ1n) is 3.84. The van der Waals surface area contributed by atoms with Crippen LogP contribution in [0.4, 0.5) is 0 Å². The molecule has 0 bridgehead atoms. The van der Waals surface area contributed by atoms with E-state index in [1.54, 1.807) is 0 Å². The lowest BCUT2D eigenvalue weighted by molar-refractivity contribution is 0.767. The minimum absolute atomic E-state index is 1.23. The van der Waals surface area contributed by atoms with E-state index in [0.717, 1.165) is 0 Å². The third-order valence-electron chi connectivity index (χ3n) is 1.42. The summed E-state index contributed by atoms with van der Waals surface area (Å²) < 4.78 is -2.68. The van der Waals surface area contributed by atoms with Crippen LogP contribution in [0.3, 0.4) is 0 Å². The molecule has 0 aliphatic rings. The van der Waals surface area contributed by atoms with E-state index in [4.69, 9.17) is 0 Å². The van der Waals surface area contributed by atoms with Gasteiger partial charge in [-0.05, 0) is 12.1 Å². The van der Waals surface area contributed by atoms with Crippen LogP contribution in [0.25, 0.3) is 0 Å². The number of rotatable bonds is 6. The fraction of sp³-hybridized carbons (Fsp3) is 1.00. The van der Waals surface area contributed by atoms with Crippen LogP contribution < -0.4 is 0 Å². The minimum atomic E-state index is -1.34. The lowest BCUT2D eigenvalue weighted by atomic mass is 10.3. The summed E-state index contributed by atoms with van der Waals surface area (Å²) in [6.45, 7) is 0. The van der Waals surface area contributed by atoms with Crippen molar-refractivity contribution in [3.63, 3.8) is 0 Å². The molecule has 0 N–H and O–H groups in total. The van der Waals surface area contributed by atoms with E-state index >= 15 is 0 Å². The zero-order chi connectivity index (χ0) is 10.5. The normalized spacial score (nSPS) is 13.4. The minimum Gasteiger partial charge on any atom is -0.0964 e. The summed E-state index contributed by atoms with van der Waals surface area (Å²) in [6.07, 6.45) is 3.87. The first-order valence-corrected chi connectivity index (χ1v) is 21.8. The summed E-state index contributed by atoms with van der Waals surface area (Å²) in [5, 5.41) is 0. The zero-order valence-corrected chi connectivity index (χ0v) is 18.3. The molecule has 13 heavy (non-hydrogen) atoms. The van der Waals surface area contributed by atoms with Crippen LogP contribution in [-0.2, 0) is 0 Å². The summed E-state index contributed by atoms with van der Waals surface area (Å²) in [5.74, 6) is 0. The average Bonchev–Trinajstić information content (AvgIpc) is 1.81. The van der Waals surface area contributed by atoms with E-state index in [-0.39, 0.29) is 0 Å². The molecule has 0 rings (SSSR count). The summed E-state index contributed by atoms with van der Waals surface area (Å²) in [4.78, 5) is 0. The maximum absolute atomic E-state index is 3.62. The van der Waals surface area contributed by atoms with Gasteiger partial charge in [0.05, 0.1) is 0 Å². The van der Waals surface area contributed by atoms with Gasteiger partial charge < -0.3 is 0 Å².